The van der Waals surface area contributed by atoms with Gasteiger partial charge in [-0.3, -0.25) is 10.1 Å². The number of methoxy groups -OCH3 is 1. The Bertz CT molecular complexity index is 916. The number of carbonyl (C=O) groups excluding carboxylic acids is 3. The van der Waals surface area contributed by atoms with E-state index in [0.29, 0.717) is 43.4 Å². The fourth-order valence-electron chi connectivity index (χ4n) is 3.80. The van der Waals surface area contributed by atoms with Gasteiger partial charge in [0.15, 0.2) is 0 Å². The zero-order valence-corrected chi connectivity index (χ0v) is 20.2. The predicted molar refractivity (Wildman–Crippen MR) is 125 cm³/mol. The number of aliphatic carboxylic acids is 1. The third-order valence-corrected chi connectivity index (χ3v) is 7.13. The molecule has 3 rings (SSSR count). The summed E-state index contributed by atoms with van der Waals surface area (Å²) in [6.07, 6.45) is -0.871. The van der Waals surface area contributed by atoms with Gasteiger partial charge in [-0.2, -0.15) is 0 Å². The molecular weight excluding hydrogens is 464 g/mol. The number of amides is 3. The molecule has 0 bridgehead atoms. The minimum Gasteiger partial charge on any atom is -0.480 e. The highest BCUT2D eigenvalue weighted by molar-refractivity contribution is 8.00. The minimum atomic E-state index is -1.13. The molecule has 1 unspecified atom stereocenters. The van der Waals surface area contributed by atoms with Gasteiger partial charge >= 0.3 is 18.2 Å². The van der Waals surface area contributed by atoms with E-state index in [9.17, 15) is 24.3 Å². The van der Waals surface area contributed by atoms with Crippen LogP contribution in [0.5, 0.6) is 5.75 Å². The molecule has 3 amide bonds. The Morgan fingerprint density at radius 1 is 1.12 bits per heavy atom. The maximum atomic E-state index is 12.6. The van der Waals surface area contributed by atoms with Crippen LogP contribution in [0.1, 0.15) is 19.4 Å². The van der Waals surface area contributed by atoms with Gasteiger partial charge < -0.3 is 29.7 Å². The normalized spacial score (nSPS) is 20.4. The largest absolute Gasteiger partial charge is 0.480 e. The number of thioether (sulfide) groups is 1. The van der Waals surface area contributed by atoms with E-state index in [0.717, 1.165) is 0 Å². The van der Waals surface area contributed by atoms with Crippen LogP contribution < -0.4 is 15.4 Å². The van der Waals surface area contributed by atoms with Crippen molar-refractivity contribution in [3.8, 4) is 5.75 Å². The van der Waals surface area contributed by atoms with E-state index in [1.807, 2.05) is 13.8 Å². The number of benzene rings is 1. The van der Waals surface area contributed by atoms with Crippen molar-refractivity contribution < 1.29 is 33.8 Å². The molecule has 12 heteroatoms. The number of piperazine rings is 1. The Morgan fingerprint density at radius 2 is 1.71 bits per heavy atom. The molecule has 2 atom stereocenters. The maximum Gasteiger partial charge on any atom is 0.415 e. The molecule has 2 fully saturated rings. The molecule has 11 nitrogen and oxygen atoms in total. The summed E-state index contributed by atoms with van der Waals surface area (Å²) in [7, 11) is 1.31. The van der Waals surface area contributed by atoms with Crippen molar-refractivity contribution in [2.75, 3.05) is 39.2 Å². The fourth-order valence-corrected chi connectivity index (χ4v) is 4.78. The van der Waals surface area contributed by atoms with Gasteiger partial charge in [0, 0.05) is 43.2 Å². The van der Waals surface area contributed by atoms with Crippen molar-refractivity contribution in [3.63, 3.8) is 0 Å². The van der Waals surface area contributed by atoms with Crippen LogP contribution >= 0.6 is 11.8 Å². The highest BCUT2D eigenvalue weighted by Crippen LogP contribution is 2.33. The lowest BCUT2D eigenvalue weighted by molar-refractivity contribution is -0.142. The lowest BCUT2D eigenvalue weighted by Gasteiger charge is -2.33. The van der Waals surface area contributed by atoms with E-state index in [1.54, 1.807) is 36.0 Å². The average Bonchev–Trinajstić information content (AvgIpc) is 3.18. The van der Waals surface area contributed by atoms with Crippen molar-refractivity contribution in [1.82, 2.24) is 20.4 Å². The summed E-state index contributed by atoms with van der Waals surface area (Å²) in [6.45, 7) is 5.26. The smallest absolute Gasteiger partial charge is 0.415 e. The van der Waals surface area contributed by atoms with E-state index in [-0.39, 0.29) is 17.1 Å². The van der Waals surface area contributed by atoms with Crippen LogP contribution in [-0.4, -0.2) is 95.0 Å². The van der Waals surface area contributed by atoms with Crippen LogP contribution in [-0.2, 0) is 20.7 Å². The Balaban J connectivity index is 1.53. The summed E-state index contributed by atoms with van der Waals surface area (Å²) in [5, 5.41) is 15.3. The molecule has 0 spiro atoms. The summed E-state index contributed by atoms with van der Waals surface area (Å²) in [4.78, 5) is 51.3. The van der Waals surface area contributed by atoms with Crippen molar-refractivity contribution >= 4 is 35.8 Å². The summed E-state index contributed by atoms with van der Waals surface area (Å²) in [6, 6.07) is 4.92. The molecule has 2 heterocycles. The topological polar surface area (TPSA) is 138 Å². The van der Waals surface area contributed by atoms with Crippen molar-refractivity contribution in [3.05, 3.63) is 29.8 Å². The Kier molecular flexibility index (Phi) is 8.26. The van der Waals surface area contributed by atoms with Crippen LogP contribution in [0.25, 0.3) is 0 Å². The van der Waals surface area contributed by atoms with Gasteiger partial charge in [0.05, 0.1) is 7.11 Å². The summed E-state index contributed by atoms with van der Waals surface area (Å²) < 4.78 is 9.74. The summed E-state index contributed by atoms with van der Waals surface area (Å²) in [5.41, 5.74) is 0.673. The highest BCUT2D eigenvalue weighted by Gasteiger charge is 2.41. The first-order valence-corrected chi connectivity index (χ1v) is 11.9. The SMILES string of the molecule is COC(=O)N1CCN(C(=O)Oc2ccc(C[C@H](NC(=O)C3NCSC3(C)C)C(=O)O)cc2)CC1. The van der Waals surface area contributed by atoms with Crippen LogP contribution in [0.2, 0.25) is 0 Å². The van der Waals surface area contributed by atoms with Crippen molar-refractivity contribution in [2.24, 2.45) is 0 Å². The van der Waals surface area contributed by atoms with Crippen LogP contribution in [0, 0.1) is 0 Å². The number of hydrogen-bond donors (Lipinski definition) is 3. The predicted octanol–water partition coefficient (Wildman–Crippen LogP) is 1.12. The van der Waals surface area contributed by atoms with Gasteiger partial charge in [0.25, 0.3) is 0 Å². The van der Waals surface area contributed by atoms with E-state index < -0.39 is 30.2 Å². The first-order chi connectivity index (χ1) is 16.1. The van der Waals surface area contributed by atoms with Gasteiger partial charge in [-0.15, -0.1) is 11.8 Å². The molecule has 1 aromatic rings. The molecular formula is C22H30N4O7S. The number of hydrogen-bond acceptors (Lipinski definition) is 8. The molecule has 2 aliphatic heterocycles. The van der Waals surface area contributed by atoms with Crippen LogP contribution in [0.3, 0.4) is 0 Å². The number of carboxylic acids is 1. The number of ether oxygens (including phenoxy) is 2. The average molecular weight is 495 g/mol. The quantitative estimate of drug-likeness (QED) is 0.531. The van der Waals surface area contributed by atoms with E-state index in [2.05, 4.69) is 15.4 Å². The monoisotopic (exact) mass is 494 g/mol. The van der Waals surface area contributed by atoms with Gasteiger partial charge in [0.1, 0.15) is 17.8 Å². The zero-order chi connectivity index (χ0) is 24.9. The fraction of sp³-hybridized carbons (Fsp3) is 0.545. The van der Waals surface area contributed by atoms with Crippen molar-refractivity contribution in [1.29, 1.82) is 0 Å². The van der Waals surface area contributed by atoms with E-state index in [1.165, 1.54) is 16.9 Å². The molecule has 1 aromatic carbocycles. The highest BCUT2D eigenvalue weighted by atomic mass is 32.2. The van der Waals surface area contributed by atoms with E-state index in [4.69, 9.17) is 4.74 Å². The lowest BCUT2D eigenvalue weighted by atomic mass is 10.0. The third-order valence-electron chi connectivity index (χ3n) is 5.84. The second-order valence-corrected chi connectivity index (χ2v) is 10.2. The number of nitrogens with one attached hydrogen (secondary N) is 2. The Morgan fingerprint density at radius 3 is 2.21 bits per heavy atom. The number of carbonyl (C=O) groups is 4. The van der Waals surface area contributed by atoms with E-state index >= 15 is 0 Å². The Labute approximate surface area is 202 Å². The first-order valence-electron chi connectivity index (χ1n) is 10.9. The zero-order valence-electron chi connectivity index (χ0n) is 19.4. The molecule has 34 heavy (non-hydrogen) atoms. The third kappa shape index (κ3) is 6.32. The first kappa shape index (κ1) is 25.6. The molecule has 3 N–H and O–H groups in total. The Hall–Kier alpha value is -2.99. The summed E-state index contributed by atoms with van der Waals surface area (Å²) in [5.74, 6) is -0.531. The van der Waals surface area contributed by atoms with Gasteiger partial charge in [0.2, 0.25) is 5.91 Å². The maximum absolute atomic E-state index is 12.6. The minimum absolute atomic E-state index is 0.0884. The van der Waals surface area contributed by atoms with Gasteiger partial charge in [-0.25, -0.2) is 14.4 Å². The molecule has 0 aliphatic carbocycles. The molecule has 2 saturated heterocycles. The molecule has 0 radical (unpaired) electrons. The molecule has 2 aliphatic rings. The number of rotatable bonds is 6. The molecule has 0 aromatic heterocycles. The van der Waals surface area contributed by atoms with Crippen LogP contribution in [0.4, 0.5) is 9.59 Å². The second kappa shape index (κ2) is 11.0. The van der Waals surface area contributed by atoms with Gasteiger partial charge in [-0.1, -0.05) is 12.1 Å². The lowest BCUT2D eigenvalue weighted by Crippen LogP contribution is -2.54. The second-order valence-electron chi connectivity index (χ2n) is 8.59. The summed E-state index contributed by atoms with van der Waals surface area (Å²) >= 11 is 1.61. The van der Waals surface area contributed by atoms with Crippen LogP contribution in [0.15, 0.2) is 24.3 Å². The van der Waals surface area contributed by atoms with Gasteiger partial charge in [-0.05, 0) is 31.5 Å². The standard InChI is InChI=1S/C22H30N4O7S/c1-22(2)17(23-13-34-22)18(27)24-16(19(28)29)12-14-4-6-15(7-5-14)33-21(31)26-10-8-25(9-11-26)20(30)32-3/h4-7,16-17,23H,8-13H2,1-3H3,(H,24,27)(H,28,29)/t16-,17?/m0/s1. The van der Waals surface area contributed by atoms with Crippen molar-refractivity contribution in [2.45, 2.75) is 37.1 Å². The molecule has 186 valence electrons. The number of carboxylic acid groups (broad SMARTS) is 1. The molecule has 0 saturated carbocycles. The number of nitrogens with zero attached hydrogens (tertiary/aromatic N) is 2.